The molecule has 64 valence electrons. The van der Waals surface area contributed by atoms with E-state index in [2.05, 4.69) is 0 Å². The minimum atomic E-state index is -3.46. The molecule has 0 fully saturated rings. The molecule has 1 aromatic rings. The smallest absolute Gasteiger partial charge is 0.162 e. The lowest BCUT2D eigenvalue weighted by molar-refractivity contribution is 0.595. The molecule has 0 aromatic heterocycles. The number of hydrogen-bond donors (Lipinski definition) is 0. The molecule has 0 spiro atoms. The Hall–Kier alpha value is -0.830. The average Bonchev–Trinajstić information content (AvgIpc) is 2.03. The minimum absolute atomic E-state index is 0.626. The van der Waals surface area contributed by atoms with Gasteiger partial charge in [-0.3, -0.25) is 0 Å². The summed E-state index contributed by atoms with van der Waals surface area (Å²) in [5, 5.41) is -0.626. The Labute approximate surface area is 73.2 Å². The Morgan fingerprint density at radius 2 is 1.75 bits per heavy atom. The zero-order chi connectivity index (χ0) is 9.19. The highest BCUT2D eigenvalue weighted by Crippen LogP contribution is 2.20. The molecular weight excluding hydrogens is 172 g/mol. The van der Waals surface area contributed by atoms with E-state index in [1.807, 2.05) is 6.07 Å². The van der Waals surface area contributed by atoms with E-state index in [9.17, 15) is 8.42 Å². The summed E-state index contributed by atoms with van der Waals surface area (Å²) in [7, 11) is -3.46. The minimum Gasteiger partial charge on any atom is -0.228 e. The Morgan fingerprint density at radius 1 is 1.25 bits per heavy atom. The van der Waals surface area contributed by atoms with Crippen LogP contribution in [0.25, 0.3) is 0 Å². The van der Waals surface area contributed by atoms with E-state index in [-0.39, 0.29) is 0 Å². The van der Waals surface area contributed by atoms with Crippen LogP contribution in [0.3, 0.4) is 0 Å². The topological polar surface area (TPSA) is 34.1 Å². The predicted molar refractivity (Wildman–Crippen MR) is 48.1 cm³/mol. The molecule has 1 atom stereocenters. The Bertz CT molecular complexity index is 340. The van der Waals surface area contributed by atoms with Gasteiger partial charge < -0.3 is 0 Å². The first-order valence-corrected chi connectivity index (χ1v) is 5.19. The van der Waals surface area contributed by atoms with E-state index < -0.39 is 15.1 Å². The normalized spacial score (nSPS) is 14.2. The van der Waals surface area contributed by atoms with E-state index in [0.29, 0.717) is 0 Å². The fraction of sp³-hybridized carbons (Fsp3) is 0.222. The van der Waals surface area contributed by atoms with Crippen LogP contribution in [0.15, 0.2) is 30.3 Å². The molecule has 12 heavy (non-hydrogen) atoms. The van der Waals surface area contributed by atoms with Crippen LogP contribution in [0, 0.1) is 6.26 Å². The van der Waals surface area contributed by atoms with Crippen LogP contribution >= 0.6 is 0 Å². The van der Waals surface area contributed by atoms with Crippen LogP contribution in [-0.2, 0) is 9.84 Å². The van der Waals surface area contributed by atoms with Crippen molar-refractivity contribution in [3.63, 3.8) is 0 Å². The maximum atomic E-state index is 10.9. The van der Waals surface area contributed by atoms with Gasteiger partial charge in [0.15, 0.2) is 9.84 Å². The van der Waals surface area contributed by atoms with E-state index in [4.69, 9.17) is 6.26 Å². The molecule has 2 nitrogen and oxygen atoms in total. The second-order valence-corrected chi connectivity index (χ2v) is 4.53. The van der Waals surface area contributed by atoms with Gasteiger partial charge in [0.25, 0.3) is 0 Å². The van der Waals surface area contributed by atoms with Crippen molar-refractivity contribution in [1.82, 2.24) is 0 Å². The van der Waals surface area contributed by atoms with Crippen LogP contribution in [0.2, 0.25) is 0 Å². The highest BCUT2D eigenvalue weighted by atomic mass is 32.2. The first kappa shape index (κ1) is 9.26. The molecule has 0 heterocycles. The van der Waals surface area contributed by atoms with Crippen molar-refractivity contribution in [2.45, 2.75) is 12.2 Å². The third-order valence-corrected chi connectivity index (χ3v) is 3.02. The van der Waals surface area contributed by atoms with Crippen molar-refractivity contribution in [3.8, 4) is 0 Å². The van der Waals surface area contributed by atoms with Gasteiger partial charge in [-0.05, 0) is 12.5 Å². The van der Waals surface area contributed by atoms with Crippen LogP contribution in [0.4, 0.5) is 0 Å². The maximum absolute atomic E-state index is 10.9. The number of sulfone groups is 1. The molecule has 2 radical (unpaired) electrons. The van der Waals surface area contributed by atoms with Crippen molar-refractivity contribution in [2.75, 3.05) is 0 Å². The molecule has 1 aromatic carbocycles. The van der Waals surface area contributed by atoms with Gasteiger partial charge in [0.1, 0.15) is 0 Å². The summed E-state index contributed by atoms with van der Waals surface area (Å²) in [5.74, 6) is 0. The third kappa shape index (κ3) is 2.08. The van der Waals surface area contributed by atoms with Crippen LogP contribution in [-0.4, -0.2) is 8.42 Å². The summed E-state index contributed by atoms with van der Waals surface area (Å²) in [6, 6.07) is 8.90. The summed E-state index contributed by atoms with van der Waals surface area (Å²) in [6.07, 6.45) is 4.98. The molecule has 0 aliphatic heterocycles. The van der Waals surface area contributed by atoms with Crippen molar-refractivity contribution < 1.29 is 8.42 Å². The second kappa shape index (κ2) is 3.27. The van der Waals surface area contributed by atoms with E-state index in [1.165, 1.54) is 0 Å². The quantitative estimate of drug-likeness (QED) is 0.699. The second-order valence-electron chi connectivity index (χ2n) is 2.64. The van der Waals surface area contributed by atoms with Gasteiger partial charge in [0, 0.05) is 0 Å². The van der Waals surface area contributed by atoms with Crippen LogP contribution in [0.5, 0.6) is 0 Å². The fourth-order valence-corrected chi connectivity index (χ4v) is 1.45. The monoisotopic (exact) mass is 182 g/mol. The lowest BCUT2D eigenvalue weighted by Crippen LogP contribution is -2.04. The van der Waals surface area contributed by atoms with Gasteiger partial charge in [-0.1, -0.05) is 30.3 Å². The van der Waals surface area contributed by atoms with Gasteiger partial charge in [0.2, 0.25) is 0 Å². The van der Waals surface area contributed by atoms with E-state index >= 15 is 0 Å². The van der Waals surface area contributed by atoms with Crippen LogP contribution in [0.1, 0.15) is 17.7 Å². The molecular formula is C9H10O2S. The molecule has 0 bridgehead atoms. The zero-order valence-electron chi connectivity index (χ0n) is 6.77. The standard InChI is InChI=1S/C9H10O2S/c1-8(12(2,10)11)9-6-4-3-5-7-9/h2-8H,1H3. The first-order chi connectivity index (χ1) is 5.52. The molecule has 3 heteroatoms. The SMILES string of the molecule is [CH]S(=O)(=O)C(C)c1ccccc1. The number of hydrogen-bond acceptors (Lipinski definition) is 2. The number of benzene rings is 1. The van der Waals surface area contributed by atoms with Crippen molar-refractivity contribution in [3.05, 3.63) is 42.2 Å². The molecule has 1 unspecified atom stereocenters. The first-order valence-electron chi connectivity index (χ1n) is 3.58. The summed E-state index contributed by atoms with van der Waals surface area (Å²) in [4.78, 5) is 0. The highest BCUT2D eigenvalue weighted by molar-refractivity contribution is 7.92. The lowest BCUT2D eigenvalue weighted by atomic mass is 10.2. The van der Waals surface area contributed by atoms with E-state index in [0.717, 1.165) is 5.56 Å². The van der Waals surface area contributed by atoms with E-state index in [1.54, 1.807) is 31.2 Å². The Kier molecular flexibility index (Phi) is 2.52. The van der Waals surface area contributed by atoms with Crippen molar-refractivity contribution in [2.24, 2.45) is 0 Å². The average molecular weight is 182 g/mol. The van der Waals surface area contributed by atoms with Gasteiger partial charge in [0.05, 0.1) is 11.5 Å². The van der Waals surface area contributed by atoms with Crippen molar-refractivity contribution >= 4 is 9.84 Å². The summed E-state index contributed by atoms with van der Waals surface area (Å²) >= 11 is 0. The molecule has 0 N–H and O–H groups in total. The maximum Gasteiger partial charge on any atom is 0.162 e. The molecule has 0 saturated heterocycles. The molecule has 0 saturated carbocycles. The highest BCUT2D eigenvalue weighted by Gasteiger charge is 2.16. The van der Waals surface area contributed by atoms with Crippen molar-refractivity contribution in [1.29, 1.82) is 0 Å². The van der Waals surface area contributed by atoms with Gasteiger partial charge in [-0.2, -0.15) is 0 Å². The Balaban J connectivity index is 3.02. The summed E-state index contributed by atoms with van der Waals surface area (Å²) in [5.41, 5.74) is 0.722. The largest absolute Gasteiger partial charge is 0.228 e. The Morgan fingerprint density at radius 3 is 2.17 bits per heavy atom. The molecule has 0 amide bonds. The molecule has 0 aliphatic rings. The molecule has 0 aliphatic carbocycles. The van der Waals surface area contributed by atoms with Crippen LogP contribution < -0.4 is 0 Å². The zero-order valence-corrected chi connectivity index (χ0v) is 7.58. The predicted octanol–water partition coefficient (Wildman–Crippen LogP) is 1.83. The molecule has 1 rings (SSSR count). The van der Waals surface area contributed by atoms with Gasteiger partial charge >= 0.3 is 0 Å². The number of rotatable bonds is 2. The lowest BCUT2D eigenvalue weighted by Gasteiger charge is -2.07. The van der Waals surface area contributed by atoms with Gasteiger partial charge in [-0.15, -0.1) is 0 Å². The van der Waals surface area contributed by atoms with Gasteiger partial charge in [-0.25, -0.2) is 8.42 Å². The summed E-state index contributed by atoms with van der Waals surface area (Å²) in [6.45, 7) is 1.57. The fourth-order valence-electron chi connectivity index (χ4n) is 0.914. The third-order valence-electron chi connectivity index (χ3n) is 1.76. The summed E-state index contributed by atoms with van der Waals surface area (Å²) < 4.78 is 21.8.